The van der Waals surface area contributed by atoms with E-state index in [1.165, 1.54) is 6.20 Å². The molecule has 0 spiro atoms. The number of aromatic nitrogens is 1. The van der Waals surface area contributed by atoms with Crippen LogP contribution in [-0.4, -0.2) is 43.7 Å². The molecule has 7 nitrogen and oxygen atoms in total. The summed E-state index contributed by atoms with van der Waals surface area (Å²) in [5.74, 6) is -0.573. The minimum atomic E-state index is -0.356. The summed E-state index contributed by atoms with van der Waals surface area (Å²) < 4.78 is 9.84. The van der Waals surface area contributed by atoms with E-state index in [9.17, 15) is 9.59 Å². The van der Waals surface area contributed by atoms with Crippen LogP contribution in [-0.2, 0) is 9.47 Å². The van der Waals surface area contributed by atoms with Crippen molar-refractivity contribution in [2.75, 3.05) is 32.2 Å². The van der Waals surface area contributed by atoms with Gasteiger partial charge >= 0.3 is 5.97 Å². The lowest BCUT2D eigenvalue weighted by Crippen LogP contribution is -2.27. The van der Waals surface area contributed by atoms with E-state index >= 15 is 0 Å². The van der Waals surface area contributed by atoms with Crippen molar-refractivity contribution in [3.8, 4) is 0 Å². The van der Waals surface area contributed by atoms with Crippen molar-refractivity contribution in [3.05, 3.63) is 53.9 Å². The molecule has 2 aromatic rings. The molecule has 0 aliphatic heterocycles. The first kappa shape index (κ1) is 18.4. The normalized spacial score (nSPS) is 10.2. The summed E-state index contributed by atoms with van der Waals surface area (Å²) >= 11 is 0. The maximum Gasteiger partial charge on any atom is 0.338 e. The van der Waals surface area contributed by atoms with Gasteiger partial charge in [0, 0.05) is 25.5 Å². The van der Waals surface area contributed by atoms with E-state index < -0.39 is 0 Å². The van der Waals surface area contributed by atoms with Crippen LogP contribution in [0.4, 0.5) is 11.4 Å². The number of benzene rings is 1. The highest BCUT2D eigenvalue weighted by Gasteiger charge is 2.08. The Bertz CT molecular complexity index is 717. The molecule has 2 N–H and O–H groups in total. The molecule has 132 valence electrons. The highest BCUT2D eigenvalue weighted by molar-refractivity contribution is 5.95. The van der Waals surface area contributed by atoms with Gasteiger partial charge in [-0.25, -0.2) is 4.79 Å². The minimum Gasteiger partial charge on any atom is -0.462 e. The second kappa shape index (κ2) is 9.39. The average Bonchev–Trinajstić information content (AvgIpc) is 2.63. The molecule has 0 aliphatic carbocycles. The van der Waals surface area contributed by atoms with Crippen molar-refractivity contribution in [3.63, 3.8) is 0 Å². The molecule has 0 bridgehead atoms. The zero-order chi connectivity index (χ0) is 18.1. The molecule has 0 atom stereocenters. The maximum atomic E-state index is 12.0. The summed E-state index contributed by atoms with van der Waals surface area (Å²) in [6.45, 7) is 2.98. The number of hydrogen-bond acceptors (Lipinski definition) is 6. The summed E-state index contributed by atoms with van der Waals surface area (Å²) in [5.41, 5.74) is 2.37. The lowest BCUT2D eigenvalue weighted by atomic mass is 10.2. The van der Waals surface area contributed by atoms with E-state index in [1.807, 2.05) is 0 Å². The number of pyridine rings is 1. The Morgan fingerprint density at radius 2 is 1.84 bits per heavy atom. The number of ether oxygens (including phenoxy) is 2. The predicted molar refractivity (Wildman–Crippen MR) is 94.1 cm³/mol. The van der Waals surface area contributed by atoms with Gasteiger partial charge in [-0.15, -0.1) is 0 Å². The fourth-order valence-electron chi connectivity index (χ4n) is 2.07. The van der Waals surface area contributed by atoms with Crippen molar-refractivity contribution in [1.29, 1.82) is 0 Å². The van der Waals surface area contributed by atoms with Crippen LogP contribution in [0.1, 0.15) is 27.6 Å². The third-order valence-electron chi connectivity index (χ3n) is 3.28. The van der Waals surface area contributed by atoms with Crippen LogP contribution >= 0.6 is 0 Å². The van der Waals surface area contributed by atoms with Crippen LogP contribution in [0.15, 0.2) is 42.7 Å². The second-order valence-electron chi connectivity index (χ2n) is 5.13. The fourth-order valence-corrected chi connectivity index (χ4v) is 2.07. The van der Waals surface area contributed by atoms with Crippen molar-refractivity contribution < 1.29 is 19.1 Å². The molecule has 0 saturated heterocycles. The molecule has 1 amide bonds. The van der Waals surface area contributed by atoms with E-state index in [4.69, 9.17) is 9.47 Å². The number of esters is 1. The quantitative estimate of drug-likeness (QED) is 0.565. The van der Waals surface area contributed by atoms with Crippen LogP contribution in [0.5, 0.6) is 0 Å². The van der Waals surface area contributed by atoms with Gasteiger partial charge in [-0.1, -0.05) is 0 Å². The predicted octanol–water partition coefficient (Wildman–Crippen LogP) is 2.38. The highest BCUT2D eigenvalue weighted by Crippen LogP contribution is 2.17. The molecule has 0 saturated carbocycles. The standard InChI is InChI=1S/C18H21N3O4/c1-3-25-18(23)13-4-6-15(7-5-13)21-16-10-14(11-19-12-16)17(22)20-8-9-24-2/h4-7,10-12,21H,3,8-9H2,1-2H3,(H,20,22). The lowest BCUT2D eigenvalue weighted by molar-refractivity contribution is 0.0526. The first-order valence-corrected chi connectivity index (χ1v) is 7.90. The van der Waals surface area contributed by atoms with Gasteiger partial charge in [-0.05, 0) is 37.3 Å². The molecule has 1 aromatic carbocycles. The summed E-state index contributed by atoms with van der Waals surface area (Å²) in [6, 6.07) is 8.58. The SMILES string of the molecule is CCOC(=O)c1ccc(Nc2cncc(C(=O)NCCOC)c2)cc1. The number of hydrogen-bond donors (Lipinski definition) is 2. The Kier molecular flexibility index (Phi) is 6.91. The molecule has 2 rings (SSSR count). The summed E-state index contributed by atoms with van der Waals surface area (Å²) in [4.78, 5) is 27.7. The fraction of sp³-hybridized carbons (Fsp3) is 0.278. The number of carbonyl (C=O) groups is 2. The molecule has 0 fully saturated rings. The average molecular weight is 343 g/mol. The van der Waals surface area contributed by atoms with Crippen molar-refractivity contribution in [2.45, 2.75) is 6.92 Å². The third-order valence-corrected chi connectivity index (χ3v) is 3.28. The number of carbonyl (C=O) groups excluding carboxylic acids is 2. The Morgan fingerprint density at radius 1 is 1.08 bits per heavy atom. The maximum absolute atomic E-state index is 12.0. The Morgan fingerprint density at radius 3 is 2.52 bits per heavy atom. The monoisotopic (exact) mass is 343 g/mol. The Hall–Kier alpha value is -2.93. The van der Waals surface area contributed by atoms with Crippen LogP contribution in [0.2, 0.25) is 0 Å². The number of nitrogens with one attached hydrogen (secondary N) is 2. The summed E-state index contributed by atoms with van der Waals surface area (Å²) in [6.07, 6.45) is 3.11. The molecule has 0 unspecified atom stereocenters. The van der Waals surface area contributed by atoms with E-state index in [2.05, 4.69) is 15.6 Å². The van der Waals surface area contributed by atoms with Gasteiger partial charge in [0.2, 0.25) is 0 Å². The van der Waals surface area contributed by atoms with Gasteiger partial charge in [0.15, 0.2) is 0 Å². The van der Waals surface area contributed by atoms with E-state index in [-0.39, 0.29) is 11.9 Å². The molecule has 1 aromatic heterocycles. The van der Waals surface area contributed by atoms with Crippen LogP contribution in [0.25, 0.3) is 0 Å². The van der Waals surface area contributed by atoms with Crippen LogP contribution < -0.4 is 10.6 Å². The van der Waals surface area contributed by atoms with Gasteiger partial charge in [-0.3, -0.25) is 9.78 Å². The minimum absolute atomic E-state index is 0.217. The van der Waals surface area contributed by atoms with Crippen molar-refractivity contribution in [2.24, 2.45) is 0 Å². The molecule has 7 heteroatoms. The zero-order valence-electron chi connectivity index (χ0n) is 14.2. The van der Waals surface area contributed by atoms with Gasteiger partial charge in [0.1, 0.15) is 0 Å². The first-order chi connectivity index (χ1) is 12.1. The molecule has 1 heterocycles. The van der Waals surface area contributed by atoms with Crippen LogP contribution in [0.3, 0.4) is 0 Å². The van der Waals surface area contributed by atoms with E-state index in [0.29, 0.717) is 36.6 Å². The van der Waals surface area contributed by atoms with E-state index in [1.54, 1.807) is 50.6 Å². The second-order valence-corrected chi connectivity index (χ2v) is 5.13. The number of anilines is 2. The topological polar surface area (TPSA) is 89.5 Å². The van der Waals surface area contributed by atoms with Crippen molar-refractivity contribution >= 4 is 23.3 Å². The molecular formula is C18H21N3O4. The van der Waals surface area contributed by atoms with Gasteiger partial charge in [0.05, 0.1) is 36.2 Å². The Labute approximate surface area is 146 Å². The van der Waals surface area contributed by atoms with Gasteiger partial charge < -0.3 is 20.1 Å². The number of amides is 1. The molecule has 25 heavy (non-hydrogen) atoms. The first-order valence-electron chi connectivity index (χ1n) is 7.90. The smallest absolute Gasteiger partial charge is 0.338 e. The van der Waals surface area contributed by atoms with Gasteiger partial charge in [0.25, 0.3) is 5.91 Å². The number of methoxy groups -OCH3 is 1. The molecular weight excluding hydrogens is 322 g/mol. The van der Waals surface area contributed by atoms with Gasteiger partial charge in [-0.2, -0.15) is 0 Å². The number of rotatable bonds is 8. The van der Waals surface area contributed by atoms with Crippen molar-refractivity contribution in [1.82, 2.24) is 10.3 Å². The zero-order valence-corrected chi connectivity index (χ0v) is 14.2. The Balaban J connectivity index is 2.01. The summed E-state index contributed by atoms with van der Waals surface area (Å²) in [7, 11) is 1.57. The van der Waals surface area contributed by atoms with E-state index in [0.717, 1.165) is 5.69 Å². The lowest BCUT2D eigenvalue weighted by Gasteiger charge is -2.09. The highest BCUT2D eigenvalue weighted by atomic mass is 16.5. The van der Waals surface area contributed by atoms with Crippen LogP contribution in [0, 0.1) is 0 Å². The third kappa shape index (κ3) is 5.58. The molecule has 0 radical (unpaired) electrons. The summed E-state index contributed by atoms with van der Waals surface area (Å²) in [5, 5.41) is 5.89. The largest absolute Gasteiger partial charge is 0.462 e. The molecule has 0 aliphatic rings. The number of nitrogens with zero attached hydrogens (tertiary/aromatic N) is 1.